The van der Waals surface area contributed by atoms with Crippen LogP contribution in [-0.4, -0.2) is 47.0 Å². The second-order valence-electron chi connectivity index (χ2n) is 8.25. The number of para-hydroxylation sites is 1. The van der Waals surface area contributed by atoms with Crippen LogP contribution in [0.1, 0.15) is 16.2 Å². The monoisotopic (exact) mass is 450 g/mol. The third-order valence-corrected chi connectivity index (χ3v) is 5.90. The number of amides is 1. The number of benzene rings is 3. The van der Waals surface area contributed by atoms with Crippen molar-refractivity contribution in [1.82, 2.24) is 14.9 Å². The van der Waals surface area contributed by atoms with Crippen molar-refractivity contribution in [3.05, 3.63) is 102 Å². The average Bonchev–Trinajstić information content (AvgIpc) is 2.89. The molecule has 0 radical (unpaired) electrons. The Hall–Kier alpha value is -4.19. The van der Waals surface area contributed by atoms with Crippen LogP contribution < -0.4 is 9.64 Å². The Morgan fingerprint density at radius 1 is 0.765 bits per heavy atom. The van der Waals surface area contributed by atoms with Crippen molar-refractivity contribution in [1.29, 1.82) is 0 Å². The van der Waals surface area contributed by atoms with Crippen molar-refractivity contribution in [2.75, 3.05) is 31.1 Å². The first-order valence-corrected chi connectivity index (χ1v) is 11.4. The predicted octanol–water partition coefficient (Wildman–Crippen LogP) is 5.21. The number of rotatable bonds is 5. The Labute approximate surface area is 199 Å². The average molecular weight is 451 g/mol. The molecule has 4 aromatic rings. The van der Waals surface area contributed by atoms with Gasteiger partial charge in [0.1, 0.15) is 17.4 Å². The van der Waals surface area contributed by atoms with Gasteiger partial charge in [-0.25, -0.2) is 4.98 Å². The molecule has 0 unspecified atom stereocenters. The van der Waals surface area contributed by atoms with Crippen LogP contribution in [0.5, 0.6) is 11.6 Å². The maximum absolute atomic E-state index is 13.1. The van der Waals surface area contributed by atoms with E-state index in [0.717, 1.165) is 22.7 Å². The molecule has 6 nitrogen and oxygen atoms in total. The highest BCUT2D eigenvalue weighted by atomic mass is 16.5. The summed E-state index contributed by atoms with van der Waals surface area (Å²) in [6.45, 7) is 4.54. The topological polar surface area (TPSA) is 58.6 Å². The van der Waals surface area contributed by atoms with Gasteiger partial charge in [0, 0.05) is 37.8 Å². The van der Waals surface area contributed by atoms with Crippen molar-refractivity contribution in [2.45, 2.75) is 6.92 Å². The number of carbonyl (C=O) groups is 1. The number of ether oxygens (including phenoxy) is 1. The molecule has 2 heterocycles. The molecule has 1 aliphatic heterocycles. The molecule has 6 heteroatoms. The summed E-state index contributed by atoms with van der Waals surface area (Å²) in [7, 11) is 0. The molecule has 1 saturated heterocycles. The highest BCUT2D eigenvalue weighted by Gasteiger charge is 2.23. The second-order valence-corrected chi connectivity index (χ2v) is 8.25. The number of aromatic nitrogens is 2. The Balaban J connectivity index is 1.23. The zero-order valence-corrected chi connectivity index (χ0v) is 19.1. The Bertz CT molecular complexity index is 1250. The molecule has 0 bridgehead atoms. The molecular formula is C28H26N4O2. The number of carbonyl (C=O) groups excluding carboxylic acids is 1. The van der Waals surface area contributed by atoms with E-state index in [1.54, 1.807) is 0 Å². The van der Waals surface area contributed by atoms with Gasteiger partial charge in [0.25, 0.3) is 5.91 Å². The van der Waals surface area contributed by atoms with Crippen molar-refractivity contribution in [2.24, 2.45) is 0 Å². The minimum absolute atomic E-state index is 0.0613. The van der Waals surface area contributed by atoms with Crippen LogP contribution in [0.2, 0.25) is 0 Å². The van der Waals surface area contributed by atoms with E-state index in [1.807, 2.05) is 90.7 Å². The lowest BCUT2D eigenvalue weighted by Crippen LogP contribution is -2.49. The van der Waals surface area contributed by atoms with E-state index in [-0.39, 0.29) is 5.91 Å². The number of nitrogens with zero attached hydrogens (tertiary/aromatic N) is 4. The number of hydrogen-bond donors (Lipinski definition) is 0. The maximum atomic E-state index is 13.1. The first-order valence-electron chi connectivity index (χ1n) is 11.4. The number of piperazine rings is 1. The van der Waals surface area contributed by atoms with Gasteiger partial charge in [-0.1, -0.05) is 60.7 Å². The van der Waals surface area contributed by atoms with Gasteiger partial charge in [0.05, 0.1) is 0 Å². The molecule has 0 atom stereocenters. The molecule has 170 valence electrons. The first-order chi connectivity index (χ1) is 16.7. The third kappa shape index (κ3) is 4.91. The van der Waals surface area contributed by atoms with E-state index < -0.39 is 0 Å². The Morgan fingerprint density at radius 2 is 1.38 bits per heavy atom. The fourth-order valence-electron chi connectivity index (χ4n) is 4.11. The molecule has 0 saturated carbocycles. The lowest BCUT2D eigenvalue weighted by atomic mass is 10.0. The van der Waals surface area contributed by atoms with Crippen LogP contribution in [0.4, 0.5) is 5.82 Å². The van der Waals surface area contributed by atoms with E-state index in [2.05, 4.69) is 27.0 Å². The lowest BCUT2D eigenvalue weighted by molar-refractivity contribution is 0.0746. The molecule has 1 amide bonds. The molecule has 0 N–H and O–H groups in total. The van der Waals surface area contributed by atoms with E-state index in [1.165, 1.54) is 0 Å². The summed E-state index contributed by atoms with van der Waals surface area (Å²) in [6.07, 6.45) is 0. The summed E-state index contributed by atoms with van der Waals surface area (Å²) in [5.41, 5.74) is 2.96. The van der Waals surface area contributed by atoms with Crippen LogP contribution in [0.15, 0.2) is 91.0 Å². The van der Waals surface area contributed by atoms with Gasteiger partial charge in [-0.15, -0.1) is 0 Å². The largest absolute Gasteiger partial charge is 0.439 e. The highest BCUT2D eigenvalue weighted by Crippen LogP contribution is 2.25. The summed E-state index contributed by atoms with van der Waals surface area (Å²) in [5, 5.41) is 0. The van der Waals surface area contributed by atoms with Gasteiger partial charge in [0.2, 0.25) is 5.88 Å². The molecule has 1 aliphatic rings. The molecule has 1 fully saturated rings. The first kappa shape index (κ1) is 21.6. The fraction of sp³-hybridized carbons (Fsp3) is 0.179. The van der Waals surface area contributed by atoms with Crippen LogP contribution in [0.25, 0.3) is 11.1 Å². The van der Waals surface area contributed by atoms with Gasteiger partial charge >= 0.3 is 0 Å². The molecule has 0 aliphatic carbocycles. The maximum Gasteiger partial charge on any atom is 0.253 e. The van der Waals surface area contributed by atoms with Gasteiger partial charge in [-0.05, 0) is 42.3 Å². The summed E-state index contributed by atoms with van der Waals surface area (Å²) < 4.78 is 5.91. The third-order valence-electron chi connectivity index (χ3n) is 5.90. The quantitative estimate of drug-likeness (QED) is 0.418. The number of aryl methyl sites for hydroxylation is 1. The zero-order chi connectivity index (χ0) is 23.3. The minimum Gasteiger partial charge on any atom is -0.439 e. The molecule has 1 aromatic heterocycles. The van der Waals surface area contributed by atoms with Crippen LogP contribution >= 0.6 is 0 Å². The van der Waals surface area contributed by atoms with Crippen LogP contribution in [0.3, 0.4) is 0 Å². The minimum atomic E-state index is 0.0613. The van der Waals surface area contributed by atoms with Crippen molar-refractivity contribution in [3.63, 3.8) is 0 Å². The van der Waals surface area contributed by atoms with Gasteiger partial charge in [0.15, 0.2) is 0 Å². The van der Waals surface area contributed by atoms with Gasteiger partial charge in [-0.3, -0.25) is 4.79 Å². The zero-order valence-electron chi connectivity index (χ0n) is 19.1. The summed E-state index contributed by atoms with van der Waals surface area (Å²) >= 11 is 0. The van der Waals surface area contributed by atoms with E-state index >= 15 is 0 Å². The molecule has 5 rings (SSSR count). The Morgan fingerprint density at radius 3 is 2.06 bits per heavy atom. The normalized spacial score (nSPS) is 13.6. The molecular weight excluding hydrogens is 424 g/mol. The van der Waals surface area contributed by atoms with Crippen LogP contribution in [0, 0.1) is 6.92 Å². The summed E-state index contributed by atoms with van der Waals surface area (Å²) in [6, 6.07) is 29.5. The standard InChI is InChI=1S/C28H26N4O2/c1-21-29-26(20-27(30-21)34-25-10-6-3-7-11-25)31-16-18-32(19-17-31)28(33)24-14-12-23(13-15-24)22-8-4-2-5-9-22/h2-15,20H,16-19H2,1H3. The molecule has 34 heavy (non-hydrogen) atoms. The predicted molar refractivity (Wildman–Crippen MR) is 133 cm³/mol. The van der Waals surface area contributed by atoms with Gasteiger partial charge < -0.3 is 14.5 Å². The molecule has 3 aromatic carbocycles. The Kier molecular flexibility index (Phi) is 6.21. The van der Waals surface area contributed by atoms with Crippen molar-refractivity contribution < 1.29 is 9.53 Å². The van der Waals surface area contributed by atoms with Crippen molar-refractivity contribution >= 4 is 11.7 Å². The second kappa shape index (κ2) is 9.75. The fourth-order valence-corrected chi connectivity index (χ4v) is 4.11. The van der Waals surface area contributed by atoms with E-state index in [4.69, 9.17) is 4.74 Å². The summed E-state index contributed by atoms with van der Waals surface area (Å²) in [4.78, 5) is 26.2. The van der Waals surface area contributed by atoms with E-state index in [0.29, 0.717) is 43.4 Å². The highest BCUT2D eigenvalue weighted by molar-refractivity contribution is 5.95. The van der Waals surface area contributed by atoms with Crippen LogP contribution in [-0.2, 0) is 0 Å². The lowest BCUT2D eigenvalue weighted by Gasteiger charge is -2.35. The van der Waals surface area contributed by atoms with Crippen molar-refractivity contribution in [3.8, 4) is 22.8 Å². The van der Waals surface area contributed by atoms with E-state index in [9.17, 15) is 4.79 Å². The smallest absolute Gasteiger partial charge is 0.253 e. The number of anilines is 1. The summed E-state index contributed by atoms with van der Waals surface area (Å²) in [5.74, 6) is 2.79. The number of hydrogen-bond acceptors (Lipinski definition) is 5. The SMILES string of the molecule is Cc1nc(Oc2ccccc2)cc(N2CCN(C(=O)c3ccc(-c4ccccc4)cc3)CC2)n1. The van der Waals surface area contributed by atoms with Gasteiger partial charge in [-0.2, -0.15) is 4.98 Å². The molecule has 0 spiro atoms.